The molecule has 0 aliphatic carbocycles. The van der Waals surface area contributed by atoms with Crippen LogP contribution >= 0.6 is 11.3 Å². The van der Waals surface area contributed by atoms with Crippen LogP contribution in [0.1, 0.15) is 10.4 Å². The van der Waals surface area contributed by atoms with Gasteiger partial charge in [-0.25, -0.2) is 0 Å². The van der Waals surface area contributed by atoms with Crippen LogP contribution < -0.4 is 0 Å². The van der Waals surface area contributed by atoms with Gasteiger partial charge in [0.15, 0.2) is 0 Å². The van der Waals surface area contributed by atoms with Gasteiger partial charge in [0, 0.05) is 11.3 Å². The molecule has 11 heavy (non-hydrogen) atoms. The molecular weight excluding hydrogens is 160 g/mol. The maximum absolute atomic E-state index is 9.11. The topological polar surface area (TPSA) is 40.5 Å². The van der Waals surface area contributed by atoms with E-state index >= 15 is 0 Å². The summed E-state index contributed by atoms with van der Waals surface area (Å²) in [6.45, 7) is 1.86. The lowest BCUT2D eigenvalue weighted by molar-refractivity contribution is 0.0955. The minimum Gasteiger partial charge on any atom is -0.394 e. The van der Waals surface area contributed by atoms with Crippen molar-refractivity contribution < 1.29 is 10.2 Å². The Bertz CT molecular complexity index is 220. The normalized spacial score (nSPS) is 13.4. The molecule has 1 heterocycles. The van der Waals surface area contributed by atoms with Crippen LogP contribution in [-0.4, -0.2) is 22.9 Å². The molecule has 1 unspecified atom stereocenters. The number of rotatable bonds is 3. The van der Waals surface area contributed by atoms with Crippen molar-refractivity contribution in [3.63, 3.8) is 0 Å². The number of hydrogen-bond donors (Lipinski definition) is 2. The second-order valence-electron chi connectivity index (χ2n) is 2.54. The van der Waals surface area contributed by atoms with Gasteiger partial charge in [0.05, 0.1) is 12.7 Å². The summed E-state index contributed by atoms with van der Waals surface area (Å²) in [6.07, 6.45) is -0.0467. The zero-order valence-electron chi connectivity index (χ0n) is 6.45. The molecule has 0 aliphatic rings. The van der Waals surface area contributed by atoms with Gasteiger partial charge in [0.25, 0.3) is 0 Å². The molecule has 0 radical (unpaired) electrons. The van der Waals surface area contributed by atoms with Crippen molar-refractivity contribution in [2.45, 2.75) is 19.4 Å². The van der Waals surface area contributed by atoms with E-state index < -0.39 is 6.10 Å². The van der Waals surface area contributed by atoms with Crippen molar-refractivity contribution >= 4 is 11.3 Å². The first-order valence-corrected chi connectivity index (χ1v) is 4.44. The minimum atomic E-state index is -0.608. The Balaban J connectivity index is 2.56. The standard InChI is InChI=1S/C8H12O2S/c1-6-7(2-3-11-6)4-8(10)5-9/h2-3,8-10H,4-5H2,1H3. The van der Waals surface area contributed by atoms with E-state index in [9.17, 15) is 0 Å². The summed E-state index contributed by atoms with van der Waals surface area (Å²) in [7, 11) is 0. The average Bonchev–Trinajstić information content (AvgIpc) is 2.37. The van der Waals surface area contributed by atoms with Crippen LogP contribution in [0, 0.1) is 6.92 Å². The number of hydrogen-bond acceptors (Lipinski definition) is 3. The number of aliphatic hydroxyl groups excluding tert-OH is 2. The molecule has 2 nitrogen and oxygen atoms in total. The Kier molecular flexibility index (Phi) is 3.05. The molecule has 0 aromatic carbocycles. The lowest BCUT2D eigenvalue weighted by Crippen LogP contribution is -2.14. The number of aliphatic hydroxyl groups is 2. The maximum Gasteiger partial charge on any atom is 0.0811 e. The van der Waals surface area contributed by atoms with Crippen molar-refractivity contribution in [1.82, 2.24) is 0 Å². The molecule has 1 aromatic heterocycles. The van der Waals surface area contributed by atoms with E-state index in [2.05, 4.69) is 0 Å². The first-order chi connectivity index (χ1) is 5.24. The second kappa shape index (κ2) is 3.85. The molecule has 2 N–H and O–H groups in total. The van der Waals surface area contributed by atoms with Gasteiger partial charge in [-0.1, -0.05) is 0 Å². The third-order valence-electron chi connectivity index (χ3n) is 1.63. The van der Waals surface area contributed by atoms with Crippen LogP contribution in [0.2, 0.25) is 0 Å². The van der Waals surface area contributed by atoms with E-state index in [4.69, 9.17) is 10.2 Å². The minimum absolute atomic E-state index is 0.157. The van der Waals surface area contributed by atoms with E-state index in [1.54, 1.807) is 11.3 Å². The summed E-state index contributed by atoms with van der Waals surface area (Å²) in [6, 6.07) is 1.98. The largest absolute Gasteiger partial charge is 0.394 e. The highest BCUT2D eigenvalue weighted by molar-refractivity contribution is 7.10. The monoisotopic (exact) mass is 172 g/mol. The summed E-state index contributed by atoms with van der Waals surface area (Å²) < 4.78 is 0. The fourth-order valence-corrected chi connectivity index (χ4v) is 1.68. The molecular formula is C8H12O2S. The lowest BCUT2D eigenvalue weighted by Gasteiger charge is -2.05. The highest BCUT2D eigenvalue weighted by atomic mass is 32.1. The zero-order chi connectivity index (χ0) is 8.27. The van der Waals surface area contributed by atoms with Gasteiger partial charge in [-0.3, -0.25) is 0 Å². The molecule has 0 fully saturated rings. The Morgan fingerprint density at radius 2 is 2.36 bits per heavy atom. The molecule has 0 bridgehead atoms. The van der Waals surface area contributed by atoms with Crippen molar-refractivity contribution in [3.8, 4) is 0 Å². The van der Waals surface area contributed by atoms with Crippen LogP contribution in [0.3, 0.4) is 0 Å². The van der Waals surface area contributed by atoms with Crippen LogP contribution in [-0.2, 0) is 6.42 Å². The molecule has 0 aliphatic heterocycles. The first-order valence-electron chi connectivity index (χ1n) is 3.56. The Morgan fingerprint density at radius 3 is 2.82 bits per heavy atom. The maximum atomic E-state index is 9.11. The van der Waals surface area contributed by atoms with Crippen molar-refractivity contribution in [3.05, 3.63) is 21.9 Å². The summed E-state index contributed by atoms with van der Waals surface area (Å²) in [5.74, 6) is 0. The fraction of sp³-hybridized carbons (Fsp3) is 0.500. The first kappa shape index (κ1) is 8.71. The molecule has 62 valence electrons. The molecule has 1 rings (SSSR count). The second-order valence-corrected chi connectivity index (χ2v) is 3.66. The highest BCUT2D eigenvalue weighted by Crippen LogP contribution is 2.16. The van der Waals surface area contributed by atoms with Gasteiger partial charge in [-0.2, -0.15) is 0 Å². The molecule has 0 saturated carbocycles. The molecule has 0 saturated heterocycles. The van der Waals surface area contributed by atoms with E-state index in [-0.39, 0.29) is 6.61 Å². The van der Waals surface area contributed by atoms with E-state index in [1.165, 1.54) is 4.88 Å². The lowest BCUT2D eigenvalue weighted by atomic mass is 10.1. The van der Waals surface area contributed by atoms with Crippen LogP contribution in [0.25, 0.3) is 0 Å². The van der Waals surface area contributed by atoms with Gasteiger partial charge in [-0.15, -0.1) is 11.3 Å². The van der Waals surface area contributed by atoms with Crippen LogP contribution in [0.5, 0.6) is 0 Å². The Labute approximate surface area is 70.1 Å². The SMILES string of the molecule is Cc1sccc1CC(O)CO. The van der Waals surface area contributed by atoms with E-state index in [1.807, 2.05) is 18.4 Å². The van der Waals surface area contributed by atoms with Crippen molar-refractivity contribution in [2.24, 2.45) is 0 Å². The quantitative estimate of drug-likeness (QED) is 0.712. The summed E-state index contributed by atoms with van der Waals surface area (Å²) in [4.78, 5) is 1.22. The van der Waals surface area contributed by atoms with Gasteiger partial charge < -0.3 is 10.2 Å². The van der Waals surface area contributed by atoms with Crippen molar-refractivity contribution in [1.29, 1.82) is 0 Å². The predicted octanol–water partition coefficient (Wildman–Crippen LogP) is 0.952. The third kappa shape index (κ3) is 2.29. The Hall–Kier alpha value is -0.380. The van der Waals surface area contributed by atoms with Gasteiger partial charge >= 0.3 is 0 Å². The smallest absolute Gasteiger partial charge is 0.0811 e. The predicted molar refractivity (Wildman–Crippen MR) is 45.9 cm³/mol. The average molecular weight is 172 g/mol. The Morgan fingerprint density at radius 1 is 1.64 bits per heavy atom. The molecule has 1 aromatic rings. The summed E-state index contributed by atoms with van der Waals surface area (Å²) in [5.41, 5.74) is 1.14. The molecule has 0 spiro atoms. The third-order valence-corrected chi connectivity index (χ3v) is 2.52. The van der Waals surface area contributed by atoms with Gasteiger partial charge in [0.2, 0.25) is 0 Å². The highest BCUT2D eigenvalue weighted by Gasteiger charge is 2.06. The molecule has 0 amide bonds. The van der Waals surface area contributed by atoms with Gasteiger partial charge in [0.1, 0.15) is 0 Å². The van der Waals surface area contributed by atoms with E-state index in [0.717, 1.165) is 5.56 Å². The summed E-state index contributed by atoms with van der Waals surface area (Å²) >= 11 is 1.66. The molecule has 1 atom stereocenters. The fourth-order valence-electron chi connectivity index (χ4n) is 0.941. The zero-order valence-corrected chi connectivity index (χ0v) is 7.27. The van der Waals surface area contributed by atoms with E-state index in [0.29, 0.717) is 6.42 Å². The van der Waals surface area contributed by atoms with Gasteiger partial charge in [-0.05, 0) is 23.9 Å². The summed E-state index contributed by atoms with van der Waals surface area (Å²) in [5, 5.41) is 19.7. The number of aryl methyl sites for hydroxylation is 1. The molecule has 3 heteroatoms. The number of thiophene rings is 1. The van der Waals surface area contributed by atoms with Crippen LogP contribution in [0.15, 0.2) is 11.4 Å². The van der Waals surface area contributed by atoms with Crippen LogP contribution in [0.4, 0.5) is 0 Å². The van der Waals surface area contributed by atoms with Crippen molar-refractivity contribution in [2.75, 3.05) is 6.61 Å².